The molecule has 4 heteroatoms. The van der Waals surface area contributed by atoms with Crippen molar-refractivity contribution in [2.24, 2.45) is 0 Å². The molecule has 1 aromatic carbocycles. The van der Waals surface area contributed by atoms with Crippen molar-refractivity contribution in [1.82, 2.24) is 0 Å². The van der Waals surface area contributed by atoms with Crippen molar-refractivity contribution >= 4 is 11.7 Å². The second kappa shape index (κ2) is 6.10. The summed E-state index contributed by atoms with van der Waals surface area (Å²) >= 11 is 0. The number of alkyl halides is 1. The van der Waals surface area contributed by atoms with Gasteiger partial charge in [0.1, 0.15) is 0 Å². The molecule has 0 amide bonds. The fourth-order valence-electron chi connectivity index (χ4n) is 1.34. The molecule has 0 saturated heterocycles. The molecule has 0 heterocycles. The number of nitrogens with zero attached hydrogens (tertiary/aromatic N) is 1. The Morgan fingerprint density at radius 2 is 2.06 bits per heavy atom. The lowest BCUT2D eigenvalue weighted by molar-refractivity contribution is -0.148. The Kier molecular flexibility index (Phi) is 4.76. The van der Waals surface area contributed by atoms with Gasteiger partial charge in [0.2, 0.25) is 6.17 Å². The summed E-state index contributed by atoms with van der Waals surface area (Å²) in [4.78, 5) is 12.8. The van der Waals surface area contributed by atoms with Crippen LogP contribution >= 0.6 is 0 Å². The van der Waals surface area contributed by atoms with Gasteiger partial charge in [-0.15, -0.1) is 0 Å². The molecule has 0 fully saturated rings. The van der Waals surface area contributed by atoms with Crippen LogP contribution in [-0.2, 0) is 9.53 Å². The molecule has 0 radical (unpaired) electrons. The minimum atomic E-state index is -1.61. The average Bonchev–Trinajstić information content (AvgIpc) is 2.30. The highest BCUT2D eigenvalue weighted by molar-refractivity contribution is 5.75. The first kappa shape index (κ1) is 12.5. The van der Waals surface area contributed by atoms with E-state index in [1.807, 2.05) is 30.3 Å². The summed E-state index contributed by atoms with van der Waals surface area (Å²) in [7, 11) is 1.74. The summed E-state index contributed by atoms with van der Waals surface area (Å²) in [5, 5.41) is 0. The van der Waals surface area contributed by atoms with Gasteiger partial charge in [-0.25, -0.2) is 9.18 Å². The zero-order valence-electron chi connectivity index (χ0n) is 9.52. The minimum absolute atomic E-state index is 0.00282. The van der Waals surface area contributed by atoms with E-state index in [1.54, 1.807) is 18.9 Å². The van der Waals surface area contributed by atoms with Gasteiger partial charge in [0.05, 0.1) is 13.2 Å². The largest absolute Gasteiger partial charge is 0.464 e. The first-order chi connectivity index (χ1) is 7.65. The van der Waals surface area contributed by atoms with Crippen LogP contribution in [0.5, 0.6) is 0 Å². The number of esters is 1. The molecule has 88 valence electrons. The first-order valence-electron chi connectivity index (χ1n) is 5.22. The quantitative estimate of drug-likeness (QED) is 0.718. The Morgan fingerprint density at radius 1 is 1.44 bits per heavy atom. The summed E-state index contributed by atoms with van der Waals surface area (Å²) in [5.41, 5.74) is 0.870. The van der Waals surface area contributed by atoms with Crippen molar-refractivity contribution in [3.63, 3.8) is 0 Å². The lowest BCUT2D eigenvalue weighted by atomic mass is 10.2. The third-order valence-electron chi connectivity index (χ3n) is 2.17. The molecule has 0 spiro atoms. The van der Waals surface area contributed by atoms with Crippen molar-refractivity contribution in [2.75, 3.05) is 25.1 Å². The topological polar surface area (TPSA) is 29.5 Å². The van der Waals surface area contributed by atoms with E-state index in [0.29, 0.717) is 0 Å². The highest BCUT2D eigenvalue weighted by atomic mass is 19.1. The molecule has 1 aromatic rings. The van der Waals surface area contributed by atoms with Crippen molar-refractivity contribution in [1.29, 1.82) is 0 Å². The van der Waals surface area contributed by atoms with Crippen LogP contribution in [0.2, 0.25) is 0 Å². The van der Waals surface area contributed by atoms with E-state index >= 15 is 0 Å². The maximum atomic E-state index is 13.4. The number of carbonyl (C=O) groups excluding carboxylic acids is 1. The van der Waals surface area contributed by atoms with Crippen LogP contribution in [0.15, 0.2) is 30.3 Å². The number of anilines is 1. The molecular formula is C12H16FNO2. The Hall–Kier alpha value is -1.58. The summed E-state index contributed by atoms with van der Waals surface area (Å²) < 4.78 is 18.0. The number of hydrogen-bond acceptors (Lipinski definition) is 3. The fourth-order valence-corrected chi connectivity index (χ4v) is 1.34. The third-order valence-corrected chi connectivity index (χ3v) is 2.17. The molecule has 0 N–H and O–H groups in total. The Labute approximate surface area is 94.8 Å². The molecule has 0 aliphatic heterocycles. The Morgan fingerprint density at radius 3 is 2.62 bits per heavy atom. The smallest absolute Gasteiger partial charge is 0.342 e. The number of rotatable bonds is 5. The van der Waals surface area contributed by atoms with E-state index in [4.69, 9.17) is 0 Å². The van der Waals surface area contributed by atoms with Gasteiger partial charge < -0.3 is 9.64 Å². The summed E-state index contributed by atoms with van der Waals surface area (Å²) in [5.74, 6) is -0.801. The van der Waals surface area contributed by atoms with Gasteiger partial charge in [-0.3, -0.25) is 0 Å². The van der Waals surface area contributed by atoms with Crippen molar-refractivity contribution in [3.05, 3.63) is 30.3 Å². The number of benzene rings is 1. The fraction of sp³-hybridized carbons (Fsp3) is 0.417. The lowest BCUT2D eigenvalue weighted by Crippen LogP contribution is -2.32. The summed E-state index contributed by atoms with van der Waals surface area (Å²) in [6.07, 6.45) is -1.61. The number of halogens is 1. The molecule has 1 rings (SSSR count). The summed E-state index contributed by atoms with van der Waals surface area (Å²) in [6.45, 7) is 1.86. The molecule has 3 nitrogen and oxygen atoms in total. The molecule has 0 aliphatic carbocycles. The van der Waals surface area contributed by atoms with E-state index in [2.05, 4.69) is 4.74 Å². The SMILES string of the molecule is CCOC(=O)C(F)CN(C)c1ccccc1. The van der Waals surface area contributed by atoms with Crippen LogP contribution in [0.1, 0.15) is 6.92 Å². The monoisotopic (exact) mass is 225 g/mol. The van der Waals surface area contributed by atoms with Gasteiger partial charge in [-0.2, -0.15) is 0 Å². The van der Waals surface area contributed by atoms with E-state index in [-0.39, 0.29) is 13.2 Å². The molecule has 1 unspecified atom stereocenters. The Balaban J connectivity index is 2.51. The predicted octanol–water partition coefficient (Wildman–Crippen LogP) is 2.02. The minimum Gasteiger partial charge on any atom is -0.464 e. The van der Waals surface area contributed by atoms with Gasteiger partial charge in [-0.05, 0) is 19.1 Å². The van der Waals surface area contributed by atoms with Crippen LogP contribution < -0.4 is 4.90 Å². The van der Waals surface area contributed by atoms with Gasteiger partial charge in [0, 0.05) is 12.7 Å². The van der Waals surface area contributed by atoms with Gasteiger partial charge in [0.25, 0.3) is 0 Å². The van der Waals surface area contributed by atoms with Crippen molar-refractivity contribution in [2.45, 2.75) is 13.1 Å². The van der Waals surface area contributed by atoms with E-state index in [9.17, 15) is 9.18 Å². The van der Waals surface area contributed by atoms with Crippen molar-refractivity contribution < 1.29 is 13.9 Å². The highest BCUT2D eigenvalue weighted by Crippen LogP contribution is 2.12. The molecule has 0 bridgehead atoms. The lowest BCUT2D eigenvalue weighted by Gasteiger charge is -2.20. The second-order valence-electron chi connectivity index (χ2n) is 3.44. The van der Waals surface area contributed by atoms with E-state index in [0.717, 1.165) is 5.69 Å². The predicted molar refractivity (Wildman–Crippen MR) is 61.2 cm³/mol. The second-order valence-corrected chi connectivity index (χ2v) is 3.44. The molecule has 0 saturated carbocycles. The Bertz CT molecular complexity index is 329. The first-order valence-corrected chi connectivity index (χ1v) is 5.22. The molecule has 1 atom stereocenters. The molecular weight excluding hydrogens is 209 g/mol. The van der Waals surface area contributed by atoms with Crippen LogP contribution in [0, 0.1) is 0 Å². The van der Waals surface area contributed by atoms with Crippen LogP contribution in [-0.4, -0.2) is 32.3 Å². The zero-order valence-corrected chi connectivity index (χ0v) is 9.52. The number of hydrogen-bond donors (Lipinski definition) is 0. The van der Waals surface area contributed by atoms with Crippen LogP contribution in [0.3, 0.4) is 0 Å². The van der Waals surface area contributed by atoms with E-state index < -0.39 is 12.1 Å². The van der Waals surface area contributed by atoms with Crippen molar-refractivity contribution in [3.8, 4) is 0 Å². The number of carbonyl (C=O) groups is 1. The van der Waals surface area contributed by atoms with Gasteiger partial charge >= 0.3 is 5.97 Å². The van der Waals surface area contributed by atoms with Crippen LogP contribution in [0.25, 0.3) is 0 Å². The summed E-state index contributed by atoms with van der Waals surface area (Å²) in [6, 6.07) is 9.33. The van der Waals surface area contributed by atoms with Crippen LogP contribution in [0.4, 0.5) is 10.1 Å². The average molecular weight is 225 g/mol. The molecule has 0 aliphatic rings. The molecule has 16 heavy (non-hydrogen) atoms. The molecule has 0 aromatic heterocycles. The van der Waals surface area contributed by atoms with E-state index in [1.165, 1.54) is 0 Å². The normalized spacial score (nSPS) is 11.9. The maximum Gasteiger partial charge on any atom is 0.342 e. The zero-order chi connectivity index (χ0) is 12.0. The standard InChI is InChI=1S/C12H16FNO2/c1-3-16-12(15)11(13)9-14(2)10-7-5-4-6-8-10/h4-8,11H,3,9H2,1-2H3. The van der Waals surface area contributed by atoms with Gasteiger partial charge in [-0.1, -0.05) is 18.2 Å². The third kappa shape index (κ3) is 3.53. The number of ether oxygens (including phenoxy) is 1. The van der Waals surface area contributed by atoms with Gasteiger partial charge in [0.15, 0.2) is 0 Å². The number of para-hydroxylation sites is 1. The maximum absolute atomic E-state index is 13.4. The highest BCUT2D eigenvalue weighted by Gasteiger charge is 2.20.